The first-order valence-electron chi connectivity index (χ1n) is 14.9. The van der Waals surface area contributed by atoms with Crippen molar-refractivity contribution in [2.24, 2.45) is 0 Å². The summed E-state index contributed by atoms with van der Waals surface area (Å²) in [6.07, 6.45) is 15.7. The first-order chi connectivity index (χ1) is 19.0. The molecule has 2 nitrogen and oxygen atoms in total. The molecular formula is C37H42N2. The lowest BCUT2D eigenvalue weighted by atomic mass is 9.73. The molecule has 0 amide bonds. The topological polar surface area (TPSA) is 15.3 Å². The number of hydrogen-bond donors (Lipinski definition) is 1. The standard InChI is InChI=1S/C37H42N2/c1-5-23-36(2,34-29-16-8-6-14-27(29)19-21-31(34)38-3)24-11-10-18-33-37(25-12-13-26-37)35-30-17-9-7-15-28(30)20-22-32(35)39(33)4/h6-11,14-22,38H,5,12-13,23-26H2,1-4H3/b11-10+,33-18+. The second kappa shape index (κ2) is 10.2. The fourth-order valence-corrected chi connectivity index (χ4v) is 7.88. The molecule has 1 N–H and O–H groups in total. The molecule has 1 aliphatic heterocycles. The molecule has 0 radical (unpaired) electrons. The Morgan fingerprint density at radius 1 is 0.897 bits per heavy atom. The van der Waals surface area contributed by atoms with Gasteiger partial charge in [-0.1, -0.05) is 106 Å². The summed E-state index contributed by atoms with van der Waals surface area (Å²) in [4.78, 5) is 2.48. The maximum Gasteiger partial charge on any atom is 0.0454 e. The third kappa shape index (κ3) is 4.16. The summed E-state index contributed by atoms with van der Waals surface area (Å²) in [5.41, 5.74) is 7.31. The molecule has 1 atom stereocenters. The van der Waals surface area contributed by atoms with E-state index >= 15 is 0 Å². The Morgan fingerprint density at radius 2 is 1.56 bits per heavy atom. The molecule has 6 rings (SSSR count). The molecule has 0 aromatic heterocycles. The molecule has 1 spiro atoms. The number of nitrogens with zero attached hydrogens (tertiary/aromatic N) is 1. The smallest absolute Gasteiger partial charge is 0.0454 e. The first-order valence-corrected chi connectivity index (χ1v) is 14.9. The maximum absolute atomic E-state index is 3.51. The second-order valence-corrected chi connectivity index (χ2v) is 12.0. The summed E-state index contributed by atoms with van der Waals surface area (Å²) in [5.74, 6) is 0. The van der Waals surface area contributed by atoms with Crippen molar-refractivity contribution in [2.75, 3.05) is 24.3 Å². The summed E-state index contributed by atoms with van der Waals surface area (Å²) < 4.78 is 0. The Bertz CT molecular complexity index is 1570. The van der Waals surface area contributed by atoms with Gasteiger partial charge in [0.2, 0.25) is 0 Å². The van der Waals surface area contributed by atoms with Gasteiger partial charge in [0.25, 0.3) is 0 Å². The molecular weight excluding hydrogens is 472 g/mol. The van der Waals surface area contributed by atoms with E-state index in [-0.39, 0.29) is 10.8 Å². The van der Waals surface area contributed by atoms with Crippen LogP contribution < -0.4 is 10.2 Å². The van der Waals surface area contributed by atoms with Gasteiger partial charge in [-0.3, -0.25) is 0 Å². The largest absolute Gasteiger partial charge is 0.388 e. The summed E-state index contributed by atoms with van der Waals surface area (Å²) in [6.45, 7) is 4.77. The van der Waals surface area contributed by atoms with Gasteiger partial charge in [-0.05, 0) is 82.0 Å². The average molecular weight is 515 g/mol. The van der Waals surface area contributed by atoms with Crippen molar-refractivity contribution >= 4 is 32.9 Å². The monoisotopic (exact) mass is 514 g/mol. The van der Waals surface area contributed by atoms with E-state index in [2.05, 4.69) is 129 Å². The van der Waals surface area contributed by atoms with Crippen LogP contribution in [0.3, 0.4) is 0 Å². The zero-order valence-electron chi connectivity index (χ0n) is 24.1. The van der Waals surface area contributed by atoms with E-state index < -0.39 is 0 Å². The van der Waals surface area contributed by atoms with Crippen LogP contribution >= 0.6 is 0 Å². The van der Waals surface area contributed by atoms with Crippen LogP contribution in [0.4, 0.5) is 11.4 Å². The molecule has 2 heteroatoms. The SMILES string of the molecule is CCCC(C)(C/C=C/C=C1/N(C)c2ccc3ccccc3c2C12CCCC2)c1c(NC)ccc2ccccc12. The molecule has 4 aromatic rings. The van der Waals surface area contributed by atoms with Gasteiger partial charge >= 0.3 is 0 Å². The van der Waals surface area contributed by atoms with Gasteiger partial charge in [0.1, 0.15) is 0 Å². The zero-order valence-corrected chi connectivity index (χ0v) is 24.1. The number of benzene rings is 4. The van der Waals surface area contributed by atoms with E-state index in [1.807, 2.05) is 0 Å². The molecule has 0 bridgehead atoms. The van der Waals surface area contributed by atoms with E-state index in [0.29, 0.717) is 0 Å². The molecule has 1 aliphatic carbocycles. The minimum absolute atomic E-state index is 0.0503. The van der Waals surface area contributed by atoms with Crippen LogP contribution in [-0.2, 0) is 10.8 Å². The van der Waals surface area contributed by atoms with Crippen molar-refractivity contribution in [3.63, 3.8) is 0 Å². The van der Waals surface area contributed by atoms with Gasteiger partial charge in [-0.15, -0.1) is 0 Å². The van der Waals surface area contributed by atoms with Gasteiger partial charge < -0.3 is 10.2 Å². The Morgan fingerprint density at radius 3 is 2.28 bits per heavy atom. The summed E-state index contributed by atoms with van der Waals surface area (Å²) in [5, 5.41) is 8.99. The number of hydrogen-bond acceptors (Lipinski definition) is 2. The number of rotatable bonds is 7. The number of anilines is 2. The van der Waals surface area contributed by atoms with Crippen LogP contribution in [0.15, 0.2) is 96.7 Å². The van der Waals surface area contributed by atoms with Crippen LogP contribution in [0.25, 0.3) is 21.5 Å². The molecule has 200 valence electrons. The van der Waals surface area contributed by atoms with Gasteiger partial charge in [-0.2, -0.15) is 0 Å². The lowest BCUT2D eigenvalue weighted by molar-refractivity contribution is 0.438. The van der Waals surface area contributed by atoms with Crippen LogP contribution in [0.5, 0.6) is 0 Å². The molecule has 2 aliphatic rings. The van der Waals surface area contributed by atoms with Crippen molar-refractivity contribution in [1.29, 1.82) is 0 Å². The van der Waals surface area contributed by atoms with E-state index in [1.54, 1.807) is 5.56 Å². The van der Waals surface area contributed by atoms with Crippen molar-refractivity contribution in [3.8, 4) is 0 Å². The van der Waals surface area contributed by atoms with E-state index in [0.717, 1.165) is 19.3 Å². The summed E-state index contributed by atoms with van der Waals surface area (Å²) in [6, 6.07) is 27.0. The molecule has 1 unspecified atom stereocenters. The van der Waals surface area contributed by atoms with Gasteiger partial charge in [-0.25, -0.2) is 0 Å². The fraction of sp³-hybridized carbons (Fsp3) is 0.351. The highest BCUT2D eigenvalue weighted by molar-refractivity contribution is 5.95. The fourth-order valence-electron chi connectivity index (χ4n) is 7.88. The third-order valence-electron chi connectivity index (χ3n) is 9.62. The molecule has 1 saturated carbocycles. The van der Waals surface area contributed by atoms with Gasteiger partial charge in [0, 0.05) is 36.6 Å². The highest BCUT2D eigenvalue weighted by Crippen LogP contribution is 2.58. The molecule has 39 heavy (non-hydrogen) atoms. The predicted molar refractivity (Wildman–Crippen MR) is 170 cm³/mol. The predicted octanol–water partition coefficient (Wildman–Crippen LogP) is 9.88. The van der Waals surface area contributed by atoms with Crippen LogP contribution in [0.2, 0.25) is 0 Å². The normalized spacial score (nSPS) is 19.0. The van der Waals surface area contributed by atoms with Crippen LogP contribution in [0, 0.1) is 0 Å². The molecule has 1 heterocycles. The van der Waals surface area contributed by atoms with Crippen molar-refractivity contribution < 1.29 is 0 Å². The lowest BCUT2D eigenvalue weighted by Crippen LogP contribution is -2.26. The lowest BCUT2D eigenvalue weighted by Gasteiger charge is -2.32. The Hall–Kier alpha value is -3.52. The second-order valence-electron chi connectivity index (χ2n) is 12.0. The maximum atomic E-state index is 3.51. The first kappa shape index (κ1) is 25.7. The summed E-state index contributed by atoms with van der Waals surface area (Å²) >= 11 is 0. The Balaban J connectivity index is 1.38. The van der Waals surface area contributed by atoms with Crippen molar-refractivity contribution in [3.05, 3.63) is 108 Å². The number of nitrogens with one attached hydrogen (secondary N) is 1. The summed E-state index contributed by atoms with van der Waals surface area (Å²) in [7, 11) is 4.33. The van der Waals surface area contributed by atoms with Crippen molar-refractivity contribution in [1.82, 2.24) is 0 Å². The van der Waals surface area contributed by atoms with E-state index in [1.165, 1.54) is 69.9 Å². The number of likely N-dealkylation sites (N-methyl/N-ethyl adjacent to an activating group) is 1. The zero-order chi connectivity index (χ0) is 27.0. The average Bonchev–Trinajstić information content (AvgIpc) is 3.54. The highest BCUT2D eigenvalue weighted by Gasteiger charge is 2.48. The molecule has 1 fully saturated rings. The van der Waals surface area contributed by atoms with Crippen molar-refractivity contribution in [2.45, 2.75) is 69.6 Å². The van der Waals surface area contributed by atoms with Gasteiger partial charge in [0.05, 0.1) is 0 Å². The van der Waals surface area contributed by atoms with E-state index in [9.17, 15) is 0 Å². The number of fused-ring (bicyclic) bond motifs is 5. The Kier molecular flexibility index (Phi) is 6.75. The van der Waals surface area contributed by atoms with Gasteiger partial charge in [0.15, 0.2) is 0 Å². The van der Waals surface area contributed by atoms with Crippen LogP contribution in [-0.4, -0.2) is 14.1 Å². The molecule has 4 aromatic carbocycles. The van der Waals surface area contributed by atoms with Crippen LogP contribution in [0.1, 0.15) is 69.9 Å². The minimum Gasteiger partial charge on any atom is -0.388 e. The quantitative estimate of drug-likeness (QED) is 0.264. The minimum atomic E-state index is 0.0503. The van der Waals surface area contributed by atoms with E-state index in [4.69, 9.17) is 0 Å². The number of allylic oxidation sites excluding steroid dienone is 4. The molecule has 0 saturated heterocycles. The third-order valence-corrected chi connectivity index (χ3v) is 9.62. The Labute approximate surface area is 234 Å². The highest BCUT2D eigenvalue weighted by atomic mass is 15.2.